The summed E-state index contributed by atoms with van der Waals surface area (Å²) >= 11 is 0. The van der Waals surface area contributed by atoms with Crippen molar-refractivity contribution in [3.8, 4) is 5.95 Å². The van der Waals surface area contributed by atoms with Crippen LogP contribution in [0.5, 0.6) is 0 Å². The Morgan fingerprint density at radius 3 is 2.57 bits per heavy atom. The number of carbonyl (C=O) groups excluding carboxylic acids is 1. The minimum Gasteiger partial charge on any atom is -0.466 e. The highest BCUT2D eigenvalue weighted by Gasteiger charge is 2.41. The number of esters is 1. The summed E-state index contributed by atoms with van der Waals surface area (Å²) in [4.78, 5) is 42.6. The second-order valence-corrected chi connectivity index (χ2v) is 7.37. The van der Waals surface area contributed by atoms with E-state index in [0.29, 0.717) is 12.8 Å². The van der Waals surface area contributed by atoms with Crippen LogP contribution in [0.15, 0.2) is 52.3 Å². The van der Waals surface area contributed by atoms with Crippen molar-refractivity contribution >= 4 is 5.97 Å². The third-order valence-corrected chi connectivity index (χ3v) is 5.41. The van der Waals surface area contributed by atoms with Crippen LogP contribution in [0.4, 0.5) is 0 Å². The number of nitrogens with zero attached hydrogens (tertiary/aromatic N) is 5. The van der Waals surface area contributed by atoms with Crippen LogP contribution in [0, 0.1) is 12.8 Å². The van der Waals surface area contributed by atoms with E-state index >= 15 is 0 Å². The summed E-state index contributed by atoms with van der Waals surface area (Å²) in [5.41, 5.74) is 0.789. The molecule has 9 nitrogen and oxygen atoms in total. The smallest absolute Gasteiger partial charge is 0.355 e. The third kappa shape index (κ3) is 3.58. The first kappa shape index (κ1) is 19.8. The molecule has 2 aromatic heterocycles. The molecular weight excluding hydrogens is 386 g/mol. The summed E-state index contributed by atoms with van der Waals surface area (Å²) in [6, 6.07) is 8.91. The van der Waals surface area contributed by atoms with Crippen LogP contribution in [0.3, 0.4) is 0 Å². The number of ether oxygens (including phenoxy) is 1. The number of rotatable bonds is 6. The quantitative estimate of drug-likeness (QED) is 0.572. The number of aromatic nitrogens is 5. The van der Waals surface area contributed by atoms with Gasteiger partial charge in [0.2, 0.25) is 5.95 Å². The Hall–Kier alpha value is -3.49. The summed E-state index contributed by atoms with van der Waals surface area (Å²) in [5.74, 6) is -0.763. The fourth-order valence-electron chi connectivity index (χ4n) is 3.67. The van der Waals surface area contributed by atoms with Gasteiger partial charge in [-0.3, -0.25) is 9.36 Å². The van der Waals surface area contributed by atoms with Crippen molar-refractivity contribution < 1.29 is 9.53 Å². The molecule has 0 saturated heterocycles. The molecule has 0 spiro atoms. The highest BCUT2D eigenvalue weighted by Crippen LogP contribution is 2.37. The van der Waals surface area contributed by atoms with Gasteiger partial charge in [-0.2, -0.15) is 10.1 Å². The van der Waals surface area contributed by atoms with Crippen molar-refractivity contribution in [1.82, 2.24) is 23.9 Å². The Morgan fingerprint density at radius 2 is 1.97 bits per heavy atom. The number of benzene rings is 1. The van der Waals surface area contributed by atoms with Crippen LogP contribution >= 0.6 is 0 Å². The molecule has 3 aromatic rings. The molecule has 0 radical (unpaired) electrons. The molecule has 0 bridgehead atoms. The van der Waals surface area contributed by atoms with Crippen molar-refractivity contribution in [2.24, 2.45) is 5.92 Å². The van der Waals surface area contributed by atoms with Crippen molar-refractivity contribution in [3.63, 3.8) is 0 Å². The van der Waals surface area contributed by atoms with E-state index in [1.165, 1.54) is 9.25 Å². The van der Waals surface area contributed by atoms with E-state index in [2.05, 4.69) is 10.1 Å². The van der Waals surface area contributed by atoms with Gasteiger partial charge >= 0.3 is 17.3 Å². The van der Waals surface area contributed by atoms with Gasteiger partial charge in [-0.25, -0.2) is 18.8 Å². The van der Waals surface area contributed by atoms with E-state index in [9.17, 15) is 14.4 Å². The lowest BCUT2D eigenvalue weighted by atomic mass is 9.79. The van der Waals surface area contributed by atoms with Gasteiger partial charge in [0.25, 0.3) is 0 Å². The second-order valence-electron chi connectivity index (χ2n) is 7.37. The Bertz CT molecular complexity index is 1160. The lowest BCUT2D eigenvalue weighted by Crippen LogP contribution is -2.51. The maximum Gasteiger partial charge on any atom is 0.355 e. The molecule has 1 fully saturated rings. The number of hydrogen-bond donors (Lipinski definition) is 0. The van der Waals surface area contributed by atoms with Crippen LogP contribution in [-0.4, -0.2) is 36.5 Å². The number of hydrogen-bond acceptors (Lipinski definition) is 6. The number of aryl methyl sites for hydroxylation is 1. The normalized spacial score (nSPS) is 18.1. The first-order chi connectivity index (χ1) is 14.5. The Balaban J connectivity index is 1.81. The minimum absolute atomic E-state index is 0.138. The molecule has 30 heavy (non-hydrogen) atoms. The maximum absolute atomic E-state index is 13.4. The second kappa shape index (κ2) is 8.10. The van der Waals surface area contributed by atoms with Crippen LogP contribution in [-0.2, 0) is 16.1 Å². The summed E-state index contributed by atoms with van der Waals surface area (Å²) < 4.78 is 9.00. The van der Waals surface area contributed by atoms with E-state index < -0.39 is 23.3 Å². The molecule has 2 atom stereocenters. The van der Waals surface area contributed by atoms with Crippen LogP contribution < -0.4 is 11.4 Å². The molecule has 0 aliphatic heterocycles. The van der Waals surface area contributed by atoms with E-state index in [0.717, 1.165) is 15.7 Å². The third-order valence-electron chi connectivity index (χ3n) is 5.41. The summed E-state index contributed by atoms with van der Waals surface area (Å²) in [5, 5.41) is 4.13. The monoisotopic (exact) mass is 409 g/mol. The van der Waals surface area contributed by atoms with Crippen molar-refractivity contribution in [3.05, 3.63) is 74.8 Å². The van der Waals surface area contributed by atoms with Crippen LogP contribution in [0.25, 0.3) is 5.95 Å². The Morgan fingerprint density at radius 1 is 1.20 bits per heavy atom. The zero-order chi connectivity index (χ0) is 21.3. The Kier molecular flexibility index (Phi) is 5.35. The first-order valence-electron chi connectivity index (χ1n) is 9.95. The standard InChI is InChI=1S/C21H23N5O4/c1-3-30-18(27)16-9-10-17(16)26-20(28)23-19(25-12-4-11-22-25)24(21(26)29)13-15-7-5-14(2)6-8-15/h4-8,11-12,16-17H,3,9-10,13H2,1-2H3/t16-,17-/m1/s1. The summed E-state index contributed by atoms with van der Waals surface area (Å²) in [7, 11) is 0. The fraction of sp³-hybridized carbons (Fsp3) is 0.381. The molecule has 1 aliphatic rings. The molecule has 156 valence electrons. The lowest BCUT2D eigenvalue weighted by Gasteiger charge is -2.35. The molecule has 0 amide bonds. The van der Waals surface area contributed by atoms with Gasteiger partial charge in [-0.1, -0.05) is 29.8 Å². The van der Waals surface area contributed by atoms with Gasteiger partial charge in [0.05, 0.1) is 25.1 Å². The average Bonchev–Trinajstić information content (AvgIpc) is 3.22. The molecule has 9 heteroatoms. The van der Waals surface area contributed by atoms with Crippen LogP contribution in [0.2, 0.25) is 0 Å². The van der Waals surface area contributed by atoms with E-state index in [1.54, 1.807) is 25.4 Å². The van der Waals surface area contributed by atoms with Crippen molar-refractivity contribution in [2.75, 3.05) is 6.61 Å². The maximum atomic E-state index is 13.4. The molecule has 4 rings (SSSR count). The summed E-state index contributed by atoms with van der Waals surface area (Å²) in [6.07, 6.45) is 4.30. The summed E-state index contributed by atoms with van der Waals surface area (Å²) in [6.45, 7) is 4.19. The molecule has 0 unspecified atom stereocenters. The molecule has 1 aliphatic carbocycles. The van der Waals surface area contributed by atoms with Gasteiger partial charge in [0, 0.05) is 12.4 Å². The van der Waals surface area contributed by atoms with E-state index in [1.807, 2.05) is 31.2 Å². The molecule has 1 saturated carbocycles. The average molecular weight is 409 g/mol. The lowest BCUT2D eigenvalue weighted by molar-refractivity contribution is -0.153. The van der Waals surface area contributed by atoms with Crippen molar-refractivity contribution in [1.29, 1.82) is 0 Å². The highest BCUT2D eigenvalue weighted by molar-refractivity contribution is 5.74. The van der Waals surface area contributed by atoms with Gasteiger partial charge in [0.1, 0.15) is 0 Å². The highest BCUT2D eigenvalue weighted by atomic mass is 16.5. The molecule has 0 N–H and O–H groups in total. The number of carbonyl (C=O) groups is 1. The molecular formula is C21H23N5O4. The topological polar surface area (TPSA) is 101 Å². The van der Waals surface area contributed by atoms with Crippen LogP contribution in [0.1, 0.15) is 36.9 Å². The largest absolute Gasteiger partial charge is 0.466 e. The molecule has 1 aromatic carbocycles. The van der Waals surface area contributed by atoms with Gasteiger partial charge in [0.15, 0.2) is 0 Å². The zero-order valence-corrected chi connectivity index (χ0v) is 16.9. The van der Waals surface area contributed by atoms with E-state index in [4.69, 9.17) is 4.74 Å². The SMILES string of the molecule is CCOC(=O)[C@@H]1CC[C@H]1n1c(=O)nc(-n2cccn2)n(Cc2ccc(C)cc2)c1=O. The van der Waals surface area contributed by atoms with Gasteiger partial charge in [-0.05, 0) is 38.3 Å². The van der Waals surface area contributed by atoms with Gasteiger partial charge < -0.3 is 4.74 Å². The minimum atomic E-state index is -0.690. The molecule has 2 heterocycles. The van der Waals surface area contributed by atoms with Crippen molar-refractivity contribution in [2.45, 2.75) is 39.3 Å². The van der Waals surface area contributed by atoms with E-state index in [-0.39, 0.29) is 25.1 Å². The predicted molar refractivity (Wildman–Crippen MR) is 109 cm³/mol. The first-order valence-corrected chi connectivity index (χ1v) is 9.95. The fourth-order valence-corrected chi connectivity index (χ4v) is 3.67. The van der Waals surface area contributed by atoms with Gasteiger partial charge in [-0.15, -0.1) is 0 Å². The Labute approximate surface area is 172 Å². The zero-order valence-electron chi connectivity index (χ0n) is 16.9. The predicted octanol–water partition coefficient (Wildman–Crippen LogP) is 1.46.